The smallest absolute Gasteiger partial charge is 0.259 e. The number of piperazine rings is 1. The molecule has 2 aromatic rings. The van der Waals surface area contributed by atoms with E-state index in [0.717, 1.165) is 42.7 Å². The summed E-state index contributed by atoms with van der Waals surface area (Å²) >= 11 is 0. The molecule has 0 N–H and O–H groups in total. The first-order valence-electron chi connectivity index (χ1n) is 10.1. The molecule has 1 aromatic heterocycles. The lowest BCUT2D eigenvalue weighted by atomic mass is 10.1. The number of amides is 1. The van der Waals surface area contributed by atoms with E-state index in [0.29, 0.717) is 26.2 Å². The molecule has 2 aliphatic rings. The number of aryl methyl sites for hydroxylation is 1. The van der Waals surface area contributed by atoms with Crippen molar-refractivity contribution in [2.24, 2.45) is 0 Å². The van der Waals surface area contributed by atoms with Gasteiger partial charge in [0.05, 0.1) is 0 Å². The molecular formula is C21H25F2N5O. The number of hydrogen-bond acceptors (Lipinski definition) is 5. The van der Waals surface area contributed by atoms with Crippen molar-refractivity contribution >= 4 is 17.5 Å². The summed E-state index contributed by atoms with van der Waals surface area (Å²) < 4.78 is 27.9. The molecule has 0 atom stereocenters. The topological polar surface area (TPSA) is 52.6 Å². The molecule has 0 unspecified atom stereocenters. The molecule has 154 valence electrons. The SMILES string of the molecule is Cc1nc(N2CCCCC2)cc(N2CCN(C(=O)c3c(F)cccc3F)CC2)n1. The number of halogens is 2. The molecule has 29 heavy (non-hydrogen) atoms. The molecule has 0 aliphatic carbocycles. The molecule has 2 saturated heterocycles. The molecule has 0 saturated carbocycles. The lowest BCUT2D eigenvalue weighted by molar-refractivity contribution is 0.0736. The van der Waals surface area contributed by atoms with Gasteiger partial charge < -0.3 is 14.7 Å². The van der Waals surface area contributed by atoms with E-state index >= 15 is 0 Å². The van der Waals surface area contributed by atoms with E-state index in [1.807, 2.05) is 13.0 Å². The molecule has 4 rings (SSSR count). The summed E-state index contributed by atoms with van der Waals surface area (Å²) in [5, 5.41) is 0. The van der Waals surface area contributed by atoms with Crippen LogP contribution in [0.15, 0.2) is 24.3 Å². The van der Waals surface area contributed by atoms with Gasteiger partial charge in [0.25, 0.3) is 5.91 Å². The highest BCUT2D eigenvalue weighted by Crippen LogP contribution is 2.24. The van der Waals surface area contributed by atoms with Crippen LogP contribution in [0.2, 0.25) is 0 Å². The van der Waals surface area contributed by atoms with E-state index in [1.165, 1.54) is 30.2 Å². The molecule has 1 aromatic carbocycles. The summed E-state index contributed by atoms with van der Waals surface area (Å²) in [5.74, 6) is 0.245. The fourth-order valence-electron chi connectivity index (χ4n) is 3.98. The number of benzene rings is 1. The van der Waals surface area contributed by atoms with Crippen LogP contribution in [-0.2, 0) is 0 Å². The quantitative estimate of drug-likeness (QED) is 0.791. The van der Waals surface area contributed by atoms with Crippen molar-refractivity contribution in [3.63, 3.8) is 0 Å². The fourth-order valence-corrected chi connectivity index (χ4v) is 3.98. The molecule has 6 nitrogen and oxygen atoms in total. The van der Waals surface area contributed by atoms with Gasteiger partial charge in [0.15, 0.2) is 0 Å². The van der Waals surface area contributed by atoms with E-state index in [2.05, 4.69) is 19.8 Å². The van der Waals surface area contributed by atoms with E-state index in [-0.39, 0.29) is 0 Å². The minimum atomic E-state index is -0.824. The van der Waals surface area contributed by atoms with Gasteiger partial charge in [0.1, 0.15) is 34.7 Å². The molecule has 2 aliphatic heterocycles. The minimum Gasteiger partial charge on any atom is -0.356 e. The minimum absolute atomic E-state index is 0.384. The highest BCUT2D eigenvalue weighted by atomic mass is 19.1. The molecular weight excluding hydrogens is 376 g/mol. The van der Waals surface area contributed by atoms with Crippen LogP contribution in [0.4, 0.5) is 20.4 Å². The molecule has 0 spiro atoms. The zero-order chi connectivity index (χ0) is 20.4. The third-order valence-electron chi connectivity index (χ3n) is 5.56. The zero-order valence-electron chi connectivity index (χ0n) is 16.6. The average molecular weight is 401 g/mol. The second kappa shape index (κ2) is 8.31. The number of anilines is 2. The predicted molar refractivity (Wildman–Crippen MR) is 107 cm³/mol. The summed E-state index contributed by atoms with van der Waals surface area (Å²) in [6, 6.07) is 5.49. The third kappa shape index (κ3) is 4.16. The van der Waals surface area contributed by atoms with Gasteiger partial charge in [-0.25, -0.2) is 18.7 Å². The molecule has 3 heterocycles. The number of hydrogen-bond donors (Lipinski definition) is 0. The maximum atomic E-state index is 13.9. The Balaban J connectivity index is 1.46. The Bertz CT molecular complexity index is 872. The summed E-state index contributed by atoms with van der Waals surface area (Å²) in [4.78, 5) is 27.7. The van der Waals surface area contributed by atoms with Crippen LogP contribution in [0.1, 0.15) is 35.4 Å². The largest absolute Gasteiger partial charge is 0.356 e. The van der Waals surface area contributed by atoms with Crippen molar-refractivity contribution in [3.8, 4) is 0 Å². The Morgan fingerprint density at radius 2 is 1.41 bits per heavy atom. The van der Waals surface area contributed by atoms with Crippen molar-refractivity contribution in [1.82, 2.24) is 14.9 Å². The maximum Gasteiger partial charge on any atom is 0.259 e. The van der Waals surface area contributed by atoms with E-state index in [1.54, 1.807) is 0 Å². The average Bonchev–Trinajstić information content (AvgIpc) is 2.74. The van der Waals surface area contributed by atoms with Crippen LogP contribution in [0.5, 0.6) is 0 Å². The summed E-state index contributed by atoms with van der Waals surface area (Å²) in [5.41, 5.74) is -0.480. The third-order valence-corrected chi connectivity index (χ3v) is 5.56. The van der Waals surface area contributed by atoms with Crippen LogP contribution >= 0.6 is 0 Å². The first-order valence-corrected chi connectivity index (χ1v) is 10.1. The number of carbonyl (C=O) groups is 1. The van der Waals surface area contributed by atoms with Gasteiger partial charge in [-0.3, -0.25) is 4.79 Å². The van der Waals surface area contributed by atoms with E-state index < -0.39 is 23.1 Å². The second-order valence-electron chi connectivity index (χ2n) is 7.56. The lowest BCUT2D eigenvalue weighted by Gasteiger charge is -2.36. The van der Waals surface area contributed by atoms with Gasteiger partial charge >= 0.3 is 0 Å². The molecule has 2 fully saturated rings. The molecule has 0 radical (unpaired) electrons. The maximum absolute atomic E-state index is 13.9. The normalized spacial score (nSPS) is 17.6. The molecule has 0 bridgehead atoms. The standard InChI is InChI=1S/C21H25F2N5O/c1-15-24-18(26-8-3-2-4-9-26)14-19(25-15)27-10-12-28(13-11-27)21(29)20-16(22)6-5-7-17(20)23/h5-7,14H,2-4,8-13H2,1H3. The van der Waals surface area contributed by atoms with Crippen LogP contribution in [0, 0.1) is 18.6 Å². The predicted octanol–water partition coefficient (Wildman–Crippen LogP) is 3.02. The van der Waals surface area contributed by atoms with Gasteiger partial charge in [-0.2, -0.15) is 0 Å². The van der Waals surface area contributed by atoms with Gasteiger partial charge in [-0.15, -0.1) is 0 Å². The monoisotopic (exact) mass is 401 g/mol. The molecule has 1 amide bonds. The van der Waals surface area contributed by atoms with Gasteiger partial charge in [0, 0.05) is 45.3 Å². The first-order chi connectivity index (χ1) is 14.0. The first kappa shape index (κ1) is 19.5. The Kier molecular flexibility index (Phi) is 5.60. The Labute approximate surface area is 169 Å². The van der Waals surface area contributed by atoms with E-state index in [4.69, 9.17) is 0 Å². The van der Waals surface area contributed by atoms with Crippen LogP contribution in [0.3, 0.4) is 0 Å². The van der Waals surface area contributed by atoms with Gasteiger partial charge in [-0.1, -0.05) is 6.07 Å². The Morgan fingerprint density at radius 3 is 2.00 bits per heavy atom. The second-order valence-corrected chi connectivity index (χ2v) is 7.56. The van der Waals surface area contributed by atoms with Crippen molar-refractivity contribution in [1.29, 1.82) is 0 Å². The van der Waals surface area contributed by atoms with Crippen LogP contribution in [0.25, 0.3) is 0 Å². The van der Waals surface area contributed by atoms with E-state index in [9.17, 15) is 13.6 Å². The number of carbonyl (C=O) groups excluding carboxylic acids is 1. The Morgan fingerprint density at radius 1 is 0.862 bits per heavy atom. The van der Waals surface area contributed by atoms with Crippen molar-refractivity contribution in [3.05, 3.63) is 47.3 Å². The van der Waals surface area contributed by atoms with Crippen molar-refractivity contribution in [2.75, 3.05) is 49.1 Å². The Hall–Kier alpha value is -2.77. The van der Waals surface area contributed by atoms with Gasteiger partial charge in [-0.05, 0) is 38.3 Å². The van der Waals surface area contributed by atoms with Crippen LogP contribution in [-0.4, -0.2) is 60.0 Å². The summed E-state index contributed by atoms with van der Waals surface area (Å²) in [6.45, 7) is 5.77. The van der Waals surface area contributed by atoms with Crippen molar-refractivity contribution < 1.29 is 13.6 Å². The summed E-state index contributed by atoms with van der Waals surface area (Å²) in [7, 11) is 0. The lowest BCUT2D eigenvalue weighted by Crippen LogP contribution is -2.49. The highest BCUT2D eigenvalue weighted by Gasteiger charge is 2.27. The van der Waals surface area contributed by atoms with Crippen LogP contribution < -0.4 is 9.80 Å². The number of rotatable bonds is 3. The van der Waals surface area contributed by atoms with Crippen molar-refractivity contribution in [2.45, 2.75) is 26.2 Å². The van der Waals surface area contributed by atoms with Gasteiger partial charge in [0.2, 0.25) is 0 Å². The number of piperidine rings is 1. The zero-order valence-corrected chi connectivity index (χ0v) is 16.6. The summed E-state index contributed by atoms with van der Waals surface area (Å²) in [6.07, 6.45) is 3.60. The highest BCUT2D eigenvalue weighted by molar-refractivity contribution is 5.95. The molecule has 8 heteroatoms. The number of nitrogens with zero attached hydrogens (tertiary/aromatic N) is 5. The fraction of sp³-hybridized carbons (Fsp3) is 0.476. The number of aromatic nitrogens is 2.